The first-order chi connectivity index (χ1) is 6.78. The van der Waals surface area contributed by atoms with E-state index in [1.165, 1.54) is 0 Å². The molecule has 0 aliphatic carbocycles. The van der Waals surface area contributed by atoms with E-state index in [0.29, 0.717) is 6.41 Å². The zero-order valence-corrected chi connectivity index (χ0v) is 9.29. The van der Waals surface area contributed by atoms with Crippen LogP contribution in [0.1, 0.15) is 20.8 Å². The van der Waals surface area contributed by atoms with Gasteiger partial charge in [0.15, 0.2) is 0 Å². The molecule has 0 fully saturated rings. The van der Waals surface area contributed by atoms with E-state index in [1.54, 1.807) is 0 Å². The van der Waals surface area contributed by atoms with Crippen molar-refractivity contribution in [3.8, 4) is 0 Å². The first-order valence-electron chi connectivity index (χ1n) is 5.03. The normalized spacial score (nSPS) is 12.4. The number of hydrogen-bond acceptors (Lipinski definition) is 2. The zero-order valence-electron chi connectivity index (χ0n) is 9.29. The molecule has 1 amide bonds. The minimum absolute atomic E-state index is 0.692. The van der Waals surface area contributed by atoms with Crippen LogP contribution in [0.2, 0.25) is 0 Å². The summed E-state index contributed by atoms with van der Waals surface area (Å²) in [5.41, 5.74) is 0.840. The lowest BCUT2D eigenvalue weighted by atomic mass is 10.3. The fourth-order valence-electron chi connectivity index (χ4n) is 1.11. The molecule has 0 spiro atoms. The monoisotopic (exact) mass is 196 g/mol. The van der Waals surface area contributed by atoms with Crippen LogP contribution in [0.3, 0.4) is 0 Å². The summed E-state index contributed by atoms with van der Waals surface area (Å²) < 4.78 is 0. The molecular weight excluding hydrogens is 176 g/mol. The summed E-state index contributed by atoms with van der Waals surface area (Å²) in [6, 6.07) is 0. The number of amides is 1. The van der Waals surface area contributed by atoms with Crippen LogP contribution in [0, 0.1) is 0 Å². The predicted molar refractivity (Wildman–Crippen MR) is 59.9 cm³/mol. The fourth-order valence-corrected chi connectivity index (χ4v) is 1.11. The van der Waals surface area contributed by atoms with Crippen LogP contribution in [-0.2, 0) is 4.79 Å². The number of allylic oxidation sites excluding steroid dienone is 2. The maximum absolute atomic E-state index is 10.2. The number of carbonyl (C=O) groups excluding carboxylic acids is 1. The Hall–Kier alpha value is -1.09. The molecule has 0 atom stereocenters. The Morgan fingerprint density at radius 3 is 2.43 bits per heavy atom. The molecule has 0 saturated heterocycles. The third-order valence-electron chi connectivity index (χ3n) is 2.09. The lowest BCUT2D eigenvalue weighted by molar-refractivity contribution is -0.108. The maximum Gasteiger partial charge on any atom is 0.211 e. The SMILES string of the molecule is C/C=C(\C=C/CN(CC)CC)NC=O. The third kappa shape index (κ3) is 5.54. The Balaban J connectivity index is 3.96. The van der Waals surface area contributed by atoms with Crippen LogP contribution in [-0.4, -0.2) is 30.9 Å². The molecule has 0 aromatic heterocycles. The van der Waals surface area contributed by atoms with Gasteiger partial charge >= 0.3 is 0 Å². The lowest BCUT2D eigenvalue weighted by Crippen LogP contribution is -2.22. The highest BCUT2D eigenvalue weighted by Crippen LogP contribution is 1.92. The summed E-state index contributed by atoms with van der Waals surface area (Å²) in [5, 5.41) is 2.62. The average molecular weight is 196 g/mol. The van der Waals surface area contributed by atoms with Gasteiger partial charge in [0.1, 0.15) is 0 Å². The van der Waals surface area contributed by atoms with Crippen molar-refractivity contribution < 1.29 is 4.79 Å². The highest BCUT2D eigenvalue weighted by molar-refractivity contribution is 5.51. The Bertz CT molecular complexity index is 205. The van der Waals surface area contributed by atoms with Gasteiger partial charge in [0.2, 0.25) is 6.41 Å². The number of nitrogens with zero attached hydrogens (tertiary/aromatic N) is 1. The minimum atomic E-state index is 0.692. The van der Waals surface area contributed by atoms with Crippen LogP contribution >= 0.6 is 0 Å². The minimum Gasteiger partial charge on any atom is -0.329 e. The summed E-state index contributed by atoms with van der Waals surface area (Å²) in [4.78, 5) is 12.5. The summed E-state index contributed by atoms with van der Waals surface area (Å²) >= 11 is 0. The van der Waals surface area contributed by atoms with E-state index >= 15 is 0 Å². The van der Waals surface area contributed by atoms with Gasteiger partial charge in [-0.25, -0.2) is 0 Å². The molecular formula is C11H20N2O. The van der Waals surface area contributed by atoms with Crippen LogP contribution in [0.15, 0.2) is 23.9 Å². The number of carbonyl (C=O) groups is 1. The highest BCUT2D eigenvalue weighted by atomic mass is 16.1. The molecule has 3 nitrogen and oxygen atoms in total. The van der Waals surface area contributed by atoms with E-state index < -0.39 is 0 Å². The van der Waals surface area contributed by atoms with E-state index in [4.69, 9.17) is 0 Å². The molecule has 14 heavy (non-hydrogen) atoms. The molecule has 80 valence electrons. The van der Waals surface area contributed by atoms with E-state index in [-0.39, 0.29) is 0 Å². The summed E-state index contributed by atoms with van der Waals surface area (Å²) in [6.07, 6.45) is 6.54. The van der Waals surface area contributed by atoms with E-state index in [2.05, 4.69) is 30.1 Å². The molecule has 0 aliphatic rings. The quantitative estimate of drug-likeness (QED) is 0.495. The van der Waals surface area contributed by atoms with Crippen molar-refractivity contribution in [1.29, 1.82) is 0 Å². The molecule has 3 heteroatoms. The van der Waals surface area contributed by atoms with Gasteiger partial charge in [0, 0.05) is 12.2 Å². The van der Waals surface area contributed by atoms with Crippen molar-refractivity contribution in [2.75, 3.05) is 19.6 Å². The van der Waals surface area contributed by atoms with E-state index in [1.807, 2.05) is 19.1 Å². The third-order valence-corrected chi connectivity index (χ3v) is 2.09. The van der Waals surface area contributed by atoms with Crippen molar-refractivity contribution in [3.63, 3.8) is 0 Å². The second-order valence-corrected chi connectivity index (χ2v) is 2.89. The molecule has 0 saturated carbocycles. The molecule has 0 heterocycles. The predicted octanol–water partition coefficient (Wildman–Crippen LogP) is 1.53. The van der Waals surface area contributed by atoms with E-state index in [0.717, 1.165) is 25.3 Å². The van der Waals surface area contributed by atoms with Crippen LogP contribution in [0.25, 0.3) is 0 Å². The molecule has 1 N–H and O–H groups in total. The lowest BCUT2D eigenvalue weighted by Gasteiger charge is -2.14. The Morgan fingerprint density at radius 2 is 2.00 bits per heavy atom. The van der Waals surface area contributed by atoms with Gasteiger partial charge in [-0.2, -0.15) is 0 Å². The molecule has 0 unspecified atom stereocenters. The number of likely N-dealkylation sites (N-methyl/N-ethyl adjacent to an activating group) is 1. The van der Waals surface area contributed by atoms with Crippen LogP contribution in [0.4, 0.5) is 0 Å². The second kappa shape index (κ2) is 8.51. The van der Waals surface area contributed by atoms with Crippen molar-refractivity contribution in [3.05, 3.63) is 23.9 Å². The highest BCUT2D eigenvalue weighted by Gasteiger charge is 1.93. The number of hydrogen-bond donors (Lipinski definition) is 1. The molecule has 0 radical (unpaired) electrons. The molecule has 0 rings (SSSR count). The zero-order chi connectivity index (χ0) is 10.8. The number of nitrogens with one attached hydrogen (secondary N) is 1. The Kier molecular flexibility index (Phi) is 7.84. The first-order valence-corrected chi connectivity index (χ1v) is 5.03. The molecule has 0 aromatic rings. The van der Waals surface area contributed by atoms with Gasteiger partial charge in [0.05, 0.1) is 0 Å². The topological polar surface area (TPSA) is 32.3 Å². The first kappa shape index (κ1) is 12.9. The summed E-state index contributed by atoms with van der Waals surface area (Å²) in [6.45, 7) is 9.19. The van der Waals surface area contributed by atoms with Crippen molar-refractivity contribution >= 4 is 6.41 Å². The van der Waals surface area contributed by atoms with Gasteiger partial charge < -0.3 is 10.2 Å². The van der Waals surface area contributed by atoms with Crippen LogP contribution < -0.4 is 5.32 Å². The van der Waals surface area contributed by atoms with E-state index in [9.17, 15) is 4.79 Å². The van der Waals surface area contributed by atoms with Crippen molar-refractivity contribution in [2.24, 2.45) is 0 Å². The summed E-state index contributed by atoms with van der Waals surface area (Å²) in [5.74, 6) is 0. The summed E-state index contributed by atoms with van der Waals surface area (Å²) in [7, 11) is 0. The van der Waals surface area contributed by atoms with Gasteiger partial charge in [0.25, 0.3) is 0 Å². The Labute approximate surface area is 86.5 Å². The molecule has 0 aromatic carbocycles. The van der Waals surface area contributed by atoms with Crippen molar-refractivity contribution in [1.82, 2.24) is 10.2 Å². The van der Waals surface area contributed by atoms with Crippen molar-refractivity contribution in [2.45, 2.75) is 20.8 Å². The number of rotatable bonds is 7. The van der Waals surface area contributed by atoms with Gasteiger partial charge in [-0.05, 0) is 26.1 Å². The van der Waals surface area contributed by atoms with Gasteiger partial charge in [-0.1, -0.05) is 26.0 Å². The van der Waals surface area contributed by atoms with Gasteiger partial charge in [-0.15, -0.1) is 0 Å². The Morgan fingerprint density at radius 1 is 1.36 bits per heavy atom. The van der Waals surface area contributed by atoms with Gasteiger partial charge in [-0.3, -0.25) is 4.79 Å². The second-order valence-electron chi connectivity index (χ2n) is 2.89. The smallest absolute Gasteiger partial charge is 0.211 e. The standard InChI is InChI=1S/C11H20N2O/c1-4-11(12-10-14)8-7-9-13(5-2)6-3/h4,7-8,10H,5-6,9H2,1-3H3,(H,12,14)/b8-7-,11-4+. The maximum atomic E-state index is 10.2. The molecule has 0 bridgehead atoms. The average Bonchev–Trinajstić information content (AvgIpc) is 2.23. The fraction of sp³-hybridized carbons (Fsp3) is 0.545. The molecule has 0 aliphatic heterocycles. The van der Waals surface area contributed by atoms with Crippen LogP contribution in [0.5, 0.6) is 0 Å². The largest absolute Gasteiger partial charge is 0.329 e.